The van der Waals surface area contributed by atoms with E-state index in [4.69, 9.17) is 9.47 Å². The number of ether oxygens (including phenoxy) is 2. The maximum Gasteiger partial charge on any atom is 0.154 e. The summed E-state index contributed by atoms with van der Waals surface area (Å²) in [7, 11) is 3.26. The lowest BCUT2D eigenvalue weighted by Crippen LogP contribution is -2.04. The molecule has 100 valence electrons. The molecule has 0 aromatic heterocycles. The molecule has 3 heteroatoms. The highest BCUT2D eigenvalue weighted by Crippen LogP contribution is 2.35. The van der Waals surface area contributed by atoms with Gasteiger partial charge in [0.05, 0.1) is 19.8 Å². The molecule has 0 amide bonds. The summed E-state index contributed by atoms with van der Waals surface area (Å²) in [4.78, 5) is 11.4. The van der Waals surface area contributed by atoms with E-state index in [1.807, 2.05) is 6.07 Å². The molecule has 0 N–H and O–H groups in total. The quantitative estimate of drug-likeness (QED) is 0.695. The van der Waals surface area contributed by atoms with Gasteiger partial charge in [-0.3, -0.25) is 4.79 Å². The Kier molecular flexibility index (Phi) is 5.69. The third kappa shape index (κ3) is 2.84. The molecule has 0 saturated carbocycles. The van der Waals surface area contributed by atoms with Crippen molar-refractivity contribution in [2.45, 2.75) is 39.5 Å². The summed E-state index contributed by atoms with van der Waals surface area (Å²) >= 11 is 0. The van der Waals surface area contributed by atoms with Crippen LogP contribution in [0.25, 0.3) is 0 Å². The van der Waals surface area contributed by atoms with Crippen LogP contribution in [-0.2, 0) is 12.8 Å². The summed E-state index contributed by atoms with van der Waals surface area (Å²) in [6.45, 7) is 4.19. The standard InChI is InChI=1S/C15H22O3/c1-5-7-11-9-14(17-3)12(8-6-2)13(10-16)15(11)18-4/h9-10H,5-8H2,1-4H3. The molecule has 0 aliphatic rings. The first-order valence-corrected chi connectivity index (χ1v) is 6.45. The fourth-order valence-corrected chi connectivity index (χ4v) is 2.26. The smallest absolute Gasteiger partial charge is 0.154 e. The van der Waals surface area contributed by atoms with E-state index < -0.39 is 0 Å². The summed E-state index contributed by atoms with van der Waals surface area (Å²) in [5.41, 5.74) is 2.63. The van der Waals surface area contributed by atoms with Crippen LogP contribution in [0.5, 0.6) is 11.5 Å². The van der Waals surface area contributed by atoms with Crippen LogP contribution in [0.2, 0.25) is 0 Å². The molecule has 1 rings (SSSR count). The first kappa shape index (κ1) is 14.6. The van der Waals surface area contributed by atoms with Crippen molar-refractivity contribution in [1.29, 1.82) is 0 Å². The zero-order valence-electron chi connectivity index (χ0n) is 11.7. The lowest BCUT2D eigenvalue weighted by molar-refractivity contribution is 0.111. The average Bonchev–Trinajstić information content (AvgIpc) is 2.39. The van der Waals surface area contributed by atoms with Gasteiger partial charge in [-0.2, -0.15) is 0 Å². The second-order valence-corrected chi connectivity index (χ2v) is 4.28. The minimum Gasteiger partial charge on any atom is -0.496 e. The van der Waals surface area contributed by atoms with Gasteiger partial charge in [0.15, 0.2) is 6.29 Å². The van der Waals surface area contributed by atoms with Gasteiger partial charge >= 0.3 is 0 Å². The predicted octanol–water partition coefficient (Wildman–Crippen LogP) is 3.42. The molecule has 1 aromatic rings. The van der Waals surface area contributed by atoms with Crippen LogP contribution in [0.15, 0.2) is 6.07 Å². The van der Waals surface area contributed by atoms with Crippen LogP contribution in [0, 0.1) is 0 Å². The molecule has 18 heavy (non-hydrogen) atoms. The van der Waals surface area contributed by atoms with Crippen molar-refractivity contribution < 1.29 is 14.3 Å². The van der Waals surface area contributed by atoms with Gasteiger partial charge in [-0.15, -0.1) is 0 Å². The number of hydrogen-bond acceptors (Lipinski definition) is 3. The Morgan fingerprint density at radius 2 is 1.78 bits per heavy atom. The molecule has 0 aliphatic heterocycles. The Morgan fingerprint density at radius 3 is 2.22 bits per heavy atom. The topological polar surface area (TPSA) is 35.5 Å². The second-order valence-electron chi connectivity index (χ2n) is 4.28. The SMILES string of the molecule is CCCc1cc(OC)c(CCC)c(C=O)c1OC. The van der Waals surface area contributed by atoms with Gasteiger partial charge in [-0.25, -0.2) is 0 Å². The fraction of sp³-hybridized carbons (Fsp3) is 0.533. The van der Waals surface area contributed by atoms with Crippen molar-refractivity contribution >= 4 is 6.29 Å². The zero-order valence-corrected chi connectivity index (χ0v) is 11.7. The van der Waals surface area contributed by atoms with Gasteiger partial charge in [-0.1, -0.05) is 26.7 Å². The van der Waals surface area contributed by atoms with E-state index in [9.17, 15) is 4.79 Å². The van der Waals surface area contributed by atoms with Crippen molar-refractivity contribution in [3.8, 4) is 11.5 Å². The molecule has 0 bridgehead atoms. The number of hydrogen-bond donors (Lipinski definition) is 0. The van der Waals surface area contributed by atoms with Crippen molar-refractivity contribution in [1.82, 2.24) is 0 Å². The van der Waals surface area contributed by atoms with Gasteiger partial charge in [0, 0.05) is 5.56 Å². The maximum absolute atomic E-state index is 11.4. The highest BCUT2D eigenvalue weighted by atomic mass is 16.5. The summed E-state index contributed by atoms with van der Waals surface area (Å²) in [5, 5.41) is 0. The monoisotopic (exact) mass is 250 g/mol. The third-order valence-corrected chi connectivity index (χ3v) is 3.03. The Morgan fingerprint density at radius 1 is 1.11 bits per heavy atom. The molecule has 0 heterocycles. The molecule has 0 aliphatic carbocycles. The third-order valence-electron chi connectivity index (χ3n) is 3.03. The van der Waals surface area contributed by atoms with E-state index >= 15 is 0 Å². The second kappa shape index (κ2) is 7.04. The van der Waals surface area contributed by atoms with Crippen LogP contribution in [0.1, 0.15) is 48.2 Å². The van der Waals surface area contributed by atoms with E-state index in [2.05, 4.69) is 13.8 Å². The van der Waals surface area contributed by atoms with Crippen LogP contribution in [0.4, 0.5) is 0 Å². The number of aryl methyl sites for hydroxylation is 1. The fourth-order valence-electron chi connectivity index (χ4n) is 2.26. The Bertz CT molecular complexity index is 411. The first-order chi connectivity index (χ1) is 8.73. The zero-order chi connectivity index (χ0) is 13.5. The highest BCUT2D eigenvalue weighted by Gasteiger charge is 2.18. The molecule has 0 fully saturated rings. The lowest BCUT2D eigenvalue weighted by atomic mass is 9.96. The molecular weight excluding hydrogens is 228 g/mol. The minimum absolute atomic E-state index is 0.641. The van der Waals surface area contributed by atoms with E-state index in [1.54, 1.807) is 14.2 Å². The number of carbonyl (C=O) groups is 1. The van der Waals surface area contributed by atoms with Crippen LogP contribution < -0.4 is 9.47 Å². The number of aldehydes is 1. The van der Waals surface area contributed by atoms with Crippen LogP contribution in [-0.4, -0.2) is 20.5 Å². The van der Waals surface area contributed by atoms with Crippen molar-refractivity contribution in [3.63, 3.8) is 0 Å². The van der Waals surface area contributed by atoms with Crippen molar-refractivity contribution in [2.75, 3.05) is 14.2 Å². The highest BCUT2D eigenvalue weighted by molar-refractivity contribution is 5.84. The Balaban J connectivity index is 3.45. The molecule has 0 atom stereocenters. The van der Waals surface area contributed by atoms with Gasteiger partial charge in [-0.05, 0) is 24.5 Å². The summed E-state index contributed by atoms with van der Waals surface area (Å²) in [6.07, 6.45) is 4.55. The number of rotatable bonds is 7. The van der Waals surface area contributed by atoms with Gasteiger partial charge in [0.1, 0.15) is 11.5 Å². The minimum atomic E-state index is 0.641. The number of methoxy groups -OCH3 is 2. The summed E-state index contributed by atoms with van der Waals surface area (Å²) in [6, 6.07) is 2.00. The van der Waals surface area contributed by atoms with Gasteiger partial charge < -0.3 is 9.47 Å². The molecule has 1 aromatic carbocycles. The molecule has 0 unspecified atom stereocenters. The predicted molar refractivity (Wildman–Crippen MR) is 72.9 cm³/mol. The Labute approximate surface area is 109 Å². The number of benzene rings is 1. The van der Waals surface area contributed by atoms with E-state index in [0.717, 1.165) is 48.8 Å². The van der Waals surface area contributed by atoms with Crippen molar-refractivity contribution in [3.05, 3.63) is 22.8 Å². The van der Waals surface area contributed by atoms with E-state index in [-0.39, 0.29) is 0 Å². The lowest BCUT2D eigenvalue weighted by Gasteiger charge is -2.17. The summed E-state index contributed by atoms with van der Waals surface area (Å²) in [5.74, 6) is 1.50. The van der Waals surface area contributed by atoms with E-state index in [1.165, 1.54) is 0 Å². The van der Waals surface area contributed by atoms with Crippen LogP contribution in [0.3, 0.4) is 0 Å². The average molecular weight is 250 g/mol. The molecular formula is C15H22O3. The van der Waals surface area contributed by atoms with Crippen LogP contribution >= 0.6 is 0 Å². The maximum atomic E-state index is 11.4. The van der Waals surface area contributed by atoms with Gasteiger partial charge in [0.25, 0.3) is 0 Å². The summed E-state index contributed by atoms with van der Waals surface area (Å²) < 4.78 is 10.8. The largest absolute Gasteiger partial charge is 0.496 e. The normalized spacial score (nSPS) is 10.2. The molecule has 0 radical (unpaired) electrons. The first-order valence-electron chi connectivity index (χ1n) is 6.45. The number of carbonyl (C=O) groups excluding carboxylic acids is 1. The Hall–Kier alpha value is -1.51. The molecule has 0 spiro atoms. The van der Waals surface area contributed by atoms with E-state index in [0.29, 0.717) is 11.3 Å². The molecule has 3 nitrogen and oxygen atoms in total. The van der Waals surface area contributed by atoms with Crippen molar-refractivity contribution in [2.24, 2.45) is 0 Å². The molecule has 0 saturated heterocycles. The van der Waals surface area contributed by atoms with Gasteiger partial charge in [0.2, 0.25) is 0 Å².